The van der Waals surface area contributed by atoms with Gasteiger partial charge in [-0.1, -0.05) is 15.9 Å². The molecule has 1 amide bonds. The van der Waals surface area contributed by atoms with Crippen LogP contribution in [0.25, 0.3) is 0 Å². The Hall–Kier alpha value is -0.140. The van der Waals surface area contributed by atoms with Crippen molar-refractivity contribution in [3.63, 3.8) is 0 Å². The molecule has 88 valence electrons. The van der Waals surface area contributed by atoms with Gasteiger partial charge in [0.2, 0.25) is 0 Å². The van der Waals surface area contributed by atoms with Crippen LogP contribution in [0.4, 0.5) is 0 Å². The van der Waals surface area contributed by atoms with Gasteiger partial charge in [0.15, 0.2) is 0 Å². The average molecular weight is 397 g/mol. The summed E-state index contributed by atoms with van der Waals surface area (Å²) >= 11 is 5.49. The summed E-state index contributed by atoms with van der Waals surface area (Å²) in [7, 11) is 0. The first-order valence-electron chi connectivity index (χ1n) is 4.82. The first-order valence-corrected chi connectivity index (χ1v) is 6.69. The molecule has 3 nitrogen and oxygen atoms in total. The van der Waals surface area contributed by atoms with Gasteiger partial charge in [0.25, 0.3) is 5.91 Å². The molecule has 0 atom stereocenters. The van der Waals surface area contributed by atoms with Crippen LogP contribution in [0.5, 0.6) is 0 Å². The molecule has 0 aliphatic heterocycles. The monoisotopic (exact) mass is 396 g/mol. The summed E-state index contributed by atoms with van der Waals surface area (Å²) in [6.07, 6.45) is 0. The van der Waals surface area contributed by atoms with Gasteiger partial charge in [-0.05, 0) is 54.6 Å². The van der Waals surface area contributed by atoms with Gasteiger partial charge >= 0.3 is 0 Å². The number of benzene rings is 1. The molecular weight excluding hydrogens is 383 g/mol. The number of nitrogens with one attached hydrogen (secondary N) is 1. The fraction of sp³-hybridized carbons (Fsp3) is 0.364. The van der Waals surface area contributed by atoms with E-state index in [1.165, 1.54) is 0 Å². The number of carbonyl (C=O) groups excluding carboxylic acids is 1. The normalized spacial score (nSPS) is 11.3. The van der Waals surface area contributed by atoms with Crippen LogP contribution in [0.3, 0.4) is 0 Å². The lowest BCUT2D eigenvalue weighted by Gasteiger charge is -2.19. The molecule has 0 radical (unpaired) electrons. The second-order valence-electron chi connectivity index (χ2n) is 4.30. The molecule has 1 aromatic rings. The summed E-state index contributed by atoms with van der Waals surface area (Å²) < 4.78 is 1.82. The number of halogens is 2. The molecule has 16 heavy (non-hydrogen) atoms. The first-order chi connectivity index (χ1) is 7.29. The van der Waals surface area contributed by atoms with Crippen LogP contribution in [-0.4, -0.2) is 18.0 Å². The van der Waals surface area contributed by atoms with Crippen LogP contribution in [-0.2, 0) is 0 Å². The van der Waals surface area contributed by atoms with Gasteiger partial charge in [-0.3, -0.25) is 4.79 Å². The van der Waals surface area contributed by atoms with Gasteiger partial charge < -0.3 is 11.1 Å². The Balaban J connectivity index is 2.77. The van der Waals surface area contributed by atoms with E-state index >= 15 is 0 Å². The Morgan fingerprint density at radius 1 is 1.56 bits per heavy atom. The second kappa shape index (κ2) is 5.46. The standard InChI is InChI=1S/C11H14BrIN2O/c1-11(2,14)6-15-10(16)8-5-7(12)3-4-9(8)13/h3-5H,6,14H2,1-2H3,(H,15,16). The van der Waals surface area contributed by atoms with E-state index in [0.29, 0.717) is 12.1 Å². The van der Waals surface area contributed by atoms with Crippen molar-refractivity contribution in [2.24, 2.45) is 5.73 Å². The van der Waals surface area contributed by atoms with Gasteiger partial charge in [0, 0.05) is 20.1 Å². The SMILES string of the molecule is CC(C)(N)CNC(=O)c1cc(Br)ccc1I. The minimum Gasteiger partial charge on any atom is -0.350 e. The van der Waals surface area contributed by atoms with Gasteiger partial charge in [-0.15, -0.1) is 0 Å². The number of amides is 1. The first kappa shape index (κ1) is 13.9. The summed E-state index contributed by atoms with van der Waals surface area (Å²) in [5.41, 5.74) is 6.07. The molecule has 5 heteroatoms. The summed E-state index contributed by atoms with van der Waals surface area (Å²) in [6, 6.07) is 5.61. The number of carbonyl (C=O) groups is 1. The van der Waals surface area contributed by atoms with Gasteiger partial charge in [-0.25, -0.2) is 0 Å². The van der Waals surface area contributed by atoms with E-state index < -0.39 is 5.54 Å². The number of rotatable bonds is 3. The molecule has 0 aliphatic rings. The van der Waals surface area contributed by atoms with E-state index in [0.717, 1.165) is 8.04 Å². The zero-order chi connectivity index (χ0) is 12.3. The molecule has 3 N–H and O–H groups in total. The van der Waals surface area contributed by atoms with E-state index in [1.54, 1.807) is 6.07 Å². The van der Waals surface area contributed by atoms with E-state index in [-0.39, 0.29) is 5.91 Å². The van der Waals surface area contributed by atoms with Gasteiger partial charge in [-0.2, -0.15) is 0 Å². The Morgan fingerprint density at radius 3 is 2.75 bits per heavy atom. The molecule has 0 saturated heterocycles. The lowest BCUT2D eigenvalue weighted by molar-refractivity contribution is 0.0945. The Kier molecular flexibility index (Phi) is 4.75. The van der Waals surface area contributed by atoms with Crippen molar-refractivity contribution >= 4 is 44.4 Å². The minimum atomic E-state index is -0.396. The van der Waals surface area contributed by atoms with Crippen molar-refractivity contribution in [1.82, 2.24) is 5.32 Å². The smallest absolute Gasteiger partial charge is 0.252 e. The van der Waals surface area contributed by atoms with Crippen molar-refractivity contribution in [1.29, 1.82) is 0 Å². The summed E-state index contributed by atoms with van der Waals surface area (Å²) in [5, 5.41) is 2.82. The highest BCUT2D eigenvalue weighted by Gasteiger charge is 2.15. The van der Waals surface area contributed by atoms with Crippen LogP contribution in [0, 0.1) is 3.57 Å². The quantitative estimate of drug-likeness (QED) is 0.771. The van der Waals surface area contributed by atoms with Gasteiger partial charge in [0.1, 0.15) is 0 Å². The fourth-order valence-corrected chi connectivity index (χ4v) is 2.02. The van der Waals surface area contributed by atoms with Crippen LogP contribution in [0.1, 0.15) is 24.2 Å². The van der Waals surface area contributed by atoms with E-state index in [4.69, 9.17) is 5.73 Å². The highest BCUT2D eigenvalue weighted by Crippen LogP contribution is 2.18. The highest BCUT2D eigenvalue weighted by atomic mass is 127. The summed E-state index contributed by atoms with van der Waals surface area (Å²) in [5.74, 6) is -0.0933. The minimum absolute atomic E-state index is 0.0933. The Morgan fingerprint density at radius 2 is 2.19 bits per heavy atom. The third kappa shape index (κ3) is 4.39. The zero-order valence-electron chi connectivity index (χ0n) is 9.18. The predicted octanol–water partition coefficient (Wildman–Crippen LogP) is 2.52. The lowest BCUT2D eigenvalue weighted by Crippen LogP contribution is -2.45. The third-order valence-corrected chi connectivity index (χ3v) is 3.31. The van der Waals surface area contributed by atoms with Crippen LogP contribution in [0.15, 0.2) is 22.7 Å². The van der Waals surface area contributed by atoms with E-state index in [2.05, 4.69) is 43.8 Å². The van der Waals surface area contributed by atoms with E-state index in [9.17, 15) is 4.79 Å². The van der Waals surface area contributed by atoms with Crippen molar-refractivity contribution < 1.29 is 4.79 Å². The Bertz CT molecular complexity index is 401. The topological polar surface area (TPSA) is 55.1 Å². The lowest BCUT2D eigenvalue weighted by atomic mass is 10.1. The van der Waals surface area contributed by atoms with Crippen LogP contribution >= 0.6 is 38.5 Å². The molecule has 0 saturated carbocycles. The summed E-state index contributed by atoms with van der Waals surface area (Å²) in [6.45, 7) is 4.20. The molecule has 0 unspecified atom stereocenters. The molecule has 1 aromatic carbocycles. The molecule has 0 aliphatic carbocycles. The maximum absolute atomic E-state index is 11.9. The molecule has 0 spiro atoms. The average Bonchev–Trinajstić information content (AvgIpc) is 2.17. The predicted molar refractivity (Wildman–Crippen MR) is 77.5 cm³/mol. The molecular formula is C11H14BrIN2O. The maximum atomic E-state index is 11.9. The second-order valence-corrected chi connectivity index (χ2v) is 6.37. The molecule has 0 fully saturated rings. The highest BCUT2D eigenvalue weighted by molar-refractivity contribution is 14.1. The van der Waals surface area contributed by atoms with Crippen LogP contribution < -0.4 is 11.1 Å². The number of hydrogen-bond acceptors (Lipinski definition) is 2. The Labute approximate surface area is 117 Å². The maximum Gasteiger partial charge on any atom is 0.252 e. The number of hydrogen-bond donors (Lipinski definition) is 2. The number of nitrogens with two attached hydrogens (primary N) is 1. The van der Waals surface area contributed by atoms with Gasteiger partial charge in [0.05, 0.1) is 5.56 Å². The molecule has 1 rings (SSSR count). The zero-order valence-corrected chi connectivity index (χ0v) is 12.9. The van der Waals surface area contributed by atoms with Crippen molar-refractivity contribution in [2.45, 2.75) is 19.4 Å². The summed E-state index contributed by atoms with van der Waals surface area (Å²) in [4.78, 5) is 11.9. The fourth-order valence-electron chi connectivity index (χ4n) is 1.07. The van der Waals surface area contributed by atoms with E-state index in [1.807, 2.05) is 26.0 Å². The van der Waals surface area contributed by atoms with Crippen molar-refractivity contribution in [2.75, 3.05) is 6.54 Å². The van der Waals surface area contributed by atoms with Crippen LogP contribution in [0.2, 0.25) is 0 Å². The largest absolute Gasteiger partial charge is 0.350 e. The van der Waals surface area contributed by atoms with Crippen molar-refractivity contribution in [3.05, 3.63) is 31.8 Å². The third-order valence-electron chi connectivity index (χ3n) is 1.88. The molecule has 0 bridgehead atoms. The van der Waals surface area contributed by atoms with Crippen molar-refractivity contribution in [3.8, 4) is 0 Å². The molecule has 0 aromatic heterocycles. The molecule has 0 heterocycles.